The molecule has 1 N–H and O–H groups in total. The van der Waals surface area contributed by atoms with Crippen molar-refractivity contribution < 1.29 is 9.59 Å². The summed E-state index contributed by atoms with van der Waals surface area (Å²) >= 11 is 0. The minimum absolute atomic E-state index is 0.0243. The third-order valence-electron chi connectivity index (χ3n) is 3.83. The van der Waals surface area contributed by atoms with Crippen LogP contribution in [0.2, 0.25) is 0 Å². The van der Waals surface area contributed by atoms with Crippen molar-refractivity contribution in [1.29, 1.82) is 0 Å². The van der Waals surface area contributed by atoms with Gasteiger partial charge in [0.15, 0.2) is 5.78 Å². The highest BCUT2D eigenvalue weighted by Crippen LogP contribution is 2.11. The molecular formula is C17H34N2O2. The summed E-state index contributed by atoms with van der Waals surface area (Å²) in [6.45, 7) is 15.4. The zero-order chi connectivity index (χ0) is 16.6. The average molecular weight is 298 g/mol. The van der Waals surface area contributed by atoms with Gasteiger partial charge in [0.2, 0.25) is 5.91 Å². The number of amides is 1. The van der Waals surface area contributed by atoms with Gasteiger partial charge in [0.25, 0.3) is 0 Å². The standard InChI is InChI=1S/C17H34N2O2/c1-8-15(9-2)19(10-12(3)4)11-16(21)18-17(13(5)6)14(7)20/h12-13,15,17H,8-11H2,1-7H3,(H,18,21). The van der Waals surface area contributed by atoms with E-state index in [1.807, 2.05) is 13.8 Å². The van der Waals surface area contributed by atoms with Crippen molar-refractivity contribution in [3.05, 3.63) is 0 Å². The Hall–Kier alpha value is -0.900. The first-order valence-corrected chi connectivity index (χ1v) is 8.26. The van der Waals surface area contributed by atoms with Crippen LogP contribution >= 0.6 is 0 Å². The number of rotatable bonds is 10. The molecule has 1 unspecified atom stereocenters. The normalized spacial score (nSPS) is 13.3. The van der Waals surface area contributed by atoms with E-state index in [2.05, 4.69) is 37.9 Å². The quantitative estimate of drug-likeness (QED) is 0.674. The monoisotopic (exact) mass is 298 g/mol. The molecule has 0 bridgehead atoms. The molecule has 0 saturated carbocycles. The Morgan fingerprint density at radius 2 is 1.57 bits per heavy atom. The first-order valence-electron chi connectivity index (χ1n) is 8.26. The molecule has 1 amide bonds. The molecule has 0 rings (SSSR count). The minimum atomic E-state index is -0.375. The zero-order valence-electron chi connectivity index (χ0n) is 14.9. The van der Waals surface area contributed by atoms with Crippen molar-refractivity contribution >= 4 is 11.7 Å². The lowest BCUT2D eigenvalue weighted by atomic mass is 10.0. The molecule has 0 radical (unpaired) electrons. The number of carbonyl (C=O) groups is 2. The number of nitrogens with zero attached hydrogens (tertiary/aromatic N) is 1. The Bertz CT molecular complexity index is 323. The molecule has 0 aromatic carbocycles. The van der Waals surface area contributed by atoms with Crippen LogP contribution in [0.1, 0.15) is 61.3 Å². The maximum absolute atomic E-state index is 12.3. The molecular weight excluding hydrogens is 264 g/mol. The van der Waals surface area contributed by atoms with E-state index in [1.165, 1.54) is 6.92 Å². The highest BCUT2D eigenvalue weighted by molar-refractivity contribution is 5.88. The van der Waals surface area contributed by atoms with Gasteiger partial charge in [-0.3, -0.25) is 14.5 Å². The van der Waals surface area contributed by atoms with Crippen LogP contribution in [0.25, 0.3) is 0 Å². The highest BCUT2D eigenvalue weighted by Gasteiger charge is 2.24. The van der Waals surface area contributed by atoms with Gasteiger partial charge in [0.1, 0.15) is 0 Å². The molecule has 0 spiro atoms. The van der Waals surface area contributed by atoms with Crippen LogP contribution in [-0.4, -0.2) is 41.8 Å². The summed E-state index contributed by atoms with van der Waals surface area (Å²) in [4.78, 5) is 26.1. The lowest BCUT2D eigenvalue weighted by molar-refractivity contribution is -0.129. The van der Waals surface area contributed by atoms with E-state index in [1.54, 1.807) is 0 Å². The fourth-order valence-corrected chi connectivity index (χ4v) is 2.76. The third kappa shape index (κ3) is 7.60. The van der Waals surface area contributed by atoms with E-state index < -0.39 is 0 Å². The Morgan fingerprint density at radius 3 is 1.90 bits per heavy atom. The molecule has 0 aromatic heterocycles. The maximum Gasteiger partial charge on any atom is 0.234 e. The van der Waals surface area contributed by atoms with Crippen LogP contribution in [0, 0.1) is 11.8 Å². The van der Waals surface area contributed by atoms with Gasteiger partial charge in [-0.1, -0.05) is 41.5 Å². The predicted molar refractivity (Wildman–Crippen MR) is 88.2 cm³/mol. The smallest absolute Gasteiger partial charge is 0.234 e. The van der Waals surface area contributed by atoms with E-state index in [-0.39, 0.29) is 23.7 Å². The first-order chi connectivity index (χ1) is 9.72. The van der Waals surface area contributed by atoms with Gasteiger partial charge in [-0.2, -0.15) is 0 Å². The lowest BCUT2D eigenvalue weighted by Gasteiger charge is -2.32. The van der Waals surface area contributed by atoms with Crippen LogP contribution < -0.4 is 5.32 Å². The Labute approximate surface area is 130 Å². The number of nitrogens with one attached hydrogen (secondary N) is 1. The average Bonchev–Trinajstić information content (AvgIpc) is 2.35. The molecule has 0 aromatic rings. The fraction of sp³-hybridized carbons (Fsp3) is 0.882. The number of carbonyl (C=O) groups excluding carboxylic acids is 2. The van der Waals surface area contributed by atoms with Crippen LogP contribution in [0.15, 0.2) is 0 Å². The highest BCUT2D eigenvalue weighted by atomic mass is 16.2. The SMILES string of the molecule is CCC(CC)N(CC(=O)NC(C(C)=O)C(C)C)CC(C)C. The summed E-state index contributed by atoms with van der Waals surface area (Å²) < 4.78 is 0. The topological polar surface area (TPSA) is 49.4 Å². The van der Waals surface area contributed by atoms with Crippen molar-refractivity contribution in [3.63, 3.8) is 0 Å². The second-order valence-electron chi connectivity index (χ2n) is 6.69. The molecule has 0 fully saturated rings. The number of hydrogen-bond donors (Lipinski definition) is 1. The van der Waals surface area contributed by atoms with Crippen molar-refractivity contribution in [2.45, 2.75) is 73.4 Å². The fourth-order valence-electron chi connectivity index (χ4n) is 2.76. The minimum Gasteiger partial charge on any atom is -0.345 e. The van der Waals surface area contributed by atoms with E-state index in [0.717, 1.165) is 19.4 Å². The molecule has 4 heteroatoms. The molecule has 4 nitrogen and oxygen atoms in total. The van der Waals surface area contributed by atoms with Gasteiger partial charge in [-0.25, -0.2) is 0 Å². The molecule has 1 atom stereocenters. The van der Waals surface area contributed by atoms with Gasteiger partial charge in [0.05, 0.1) is 12.6 Å². The first kappa shape index (κ1) is 20.1. The lowest BCUT2D eigenvalue weighted by Crippen LogP contribution is -2.49. The number of Topliss-reactive ketones (excluding diaryl/α,β-unsaturated/α-hetero) is 1. The number of ketones is 1. The van der Waals surface area contributed by atoms with Gasteiger partial charge in [-0.15, -0.1) is 0 Å². The molecule has 21 heavy (non-hydrogen) atoms. The molecule has 0 heterocycles. The maximum atomic E-state index is 12.3. The van der Waals surface area contributed by atoms with Gasteiger partial charge >= 0.3 is 0 Å². The van der Waals surface area contributed by atoms with Crippen LogP contribution in [0.5, 0.6) is 0 Å². The van der Waals surface area contributed by atoms with Crippen LogP contribution in [0.3, 0.4) is 0 Å². The predicted octanol–water partition coefficient (Wildman–Crippen LogP) is 2.86. The Morgan fingerprint density at radius 1 is 1.05 bits per heavy atom. The van der Waals surface area contributed by atoms with Gasteiger partial charge in [-0.05, 0) is 31.6 Å². The van der Waals surface area contributed by atoms with Crippen LogP contribution in [-0.2, 0) is 9.59 Å². The summed E-state index contributed by atoms with van der Waals surface area (Å²) in [6, 6.07) is 0.0491. The Balaban J connectivity index is 4.75. The molecule has 0 saturated heterocycles. The summed E-state index contributed by atoms with van der Waals surface area (Å²) in [5.41, 5.74) is 0. The van der Waals surface area contributed by atoms with Crippen molar-refractivity contribution in [2.24, 2.45) is 11.8 Å². The van der Waals surface area contributed by atoms with Crippen molar-refractivity contribution in [1.82, 2.24) is 10.2 Å². The second kappa shape index (κ2) is 9.93. The van der Waals surface area contributed by atoms with E-state index in [0.29, 0.717) is 18.5 Å². The molecule has 0 aliphatic heterocycles. The van der Waals surface area contributed by atoms with E-state index >= 15 is 0 Å². The number of hydrogen-bond acceptors (Lipinski definition) is 3. The summed E-state index contributed by atoms with van der Waals surface area (Å²) in [5.74, 6) is 0.623. The van der Waals surface area contributed by atoms with Crippen LogP contribution in [0.4, 0.5) is 0 Å². The third-order valence-corrected chi connectivity index (χ3v) is 3.83. The summed E-state index contributed by atoms with van der Waals surface area (Å²) in [5, 5.41) is 2.89. The summed E-state index contributed by atoms with van der Waals surface area (Å²) in [6.07, 6.45) is 2.08. The molecule has 0 aliphatic rings. The second-order valence-corrected chi connectivity index (χ2v) is 6.69. The summed E-state index contributed by atoms with van der Waals surface area (Å²) in [7, 11) is 0. The zero-order valence-corrected chi connectivity index (χ0v) is 14.9. The molecule has 124 valence electrons. The Kier molecular flexibility index (Phi) is 9.51. The van der Waals surface area contributed by atoms with Crippen molar-refractivity contribution in [2.75, 3.05) is 13.1 Å². The largest absolute Gasteiger partial charge is 0.345 e. The van der Waals surface area contributed by atoms with Gasteiger partial charge in [0, 0.05) is 12.6 Å². The van der Waals surface area contributed by atoms with E-state index in [4.69, 9.17) is 0 Å². The van der Waals surface area contributed by atoms with Gasteiger partial charge < -0.3 is 5.32 Å². The van der Waals surface area contributed by atoms with E-state index in [9.17, 15) is 9.59 Å². The molecule has 0 aliphatic carbocycles. The van der Waals surface area contributed by atoms with Crippen molar-refractivity contribution in [3.8, 4) is 0 Å².